The van der Waals surface area contributed by atoms with Crippen LogP contribution in [0.2, 0.25) is 0 Å². The number of aliphatic hydroxyl groups excluding tert-OH is 1. The van der Waals surface area contributed by atoms with E-state index in [4.69, 9.17) is 0 Å². The molecule has 0 atom stereocenters. The Bertz CT molecular complexity index is 783. The average molecular weight is 365 g/mol. The maximum absolute atomic E-state index is 9.91. The van der Waals surface area contributed by atoms with Crippen LogP contribution in [0.15, 0.2) is 60.5 Å². The first-order valence-electron chi connectivity index (χ1n) is 10.1. The van der Waals surface area contributed by atoms with E-state index in [9.17, 15) is 5.11 Å². The predicted molar refractivity (Wildman–Crippen MR) is 115 cm³/mol. The molecule has 0 saturated heterocycles. The van der Waals surface area contributed by atoms with E-state index in [1.807, 2.05) is 24.3 Å². The molecule has 0 spiro atoms. The summed E-state index contributed by atoms with van der Waals surface area (Å²) in [5.41, 5.74) is 4.20. The molecular weight excluding hydrogens is 332 g/mol. The van der Waals surface area contributed by atoms with E-state index < -0.39 is 0 Å². The largest absolute Gasteiger partial charge is 0.512 e. The Kier molecular flexibility index (Phi) is 6.44. The molecule has 1 saturated carbocycles. The van der Waals surface area contributed by atoms with Crippen LogP contribution in [0.25, 0.3) is 11.6 Å². The van der Waals surface area contributed by atoms with Crippen molar-refractivity contribution in [3.05, 3.63) is 71.9 Å². The molecule has 144 valence electrons. The van der Waals surface area contributed by atoms with Gasteiger partial charge >= 0.3 is 0 Å². The first kappa shape index (κ1) is 19.3. The fraction of sp³-hybridized carbons (Fsp3) is 0.417. The molecule has 0 bridgehead atoms. The van der Waals surface area contributed by atoms with E-state index in [1.54, 1.807) is 0 Å². The molecule has 0 unspecified atom stereocenters. The number of nitrogens with zero attached hydrogens (tertiary/aromatic N) is 1. The Morgan fingerprint density at radius 3 is 2.81 bits per heavy atom. The summed E-state index contributed by atoms with van der Waals surface area (Å²) in [5, 5.41) is 13.5. The van der Waals surface area contributed by atoms with Gasteiger partial charge in [-0.3, -0.25) is 0 Å². The molecule has 27 heavy (non-hydrogen) atoms. The van der Waals surface area contributed by atoms with Gasteiger partial charge in [0.15, 0.2) is 0 Å². The Balaban J connectivity index is 1.62. The van der Waals surface area contributed by atoms with Gasteiger partial charge in [-0.2, -0.15) is 0 Å². The van der Waals surface area contributed by atoms with Gasteiger partial charge in [0.1, 0.15) is 0 Å². The molecule has 1 aromatic rings. The number of aliphatic hydroxyl groups is 1. The number of rotatable bonds is 6. The highest BCUT2D eigenvalue weighted by atomic mass is 16.3. The van der Waals surface area contributed by atoms with E-state index in [0.717, 1.165) is 28.6 Å². The van der Waals surface area contributed by atoms with Gasteiger partial charge in [-0.05, 0) is 62.0 Å². The quantitative estimate of drug-likeness (QED) is 0.617. The van der Waals surface area contributed by atoms with Crippen molar-refractivity contribution in [1.29, 1.82) is 0 Å². The molecule has 3 rings (SSSR count). The van der Waals surface area contributed by atoms with Gasteiger partial charge in [0.2, 0.25) is 0 Å². The molecule has 0 aliphatic heterocycles. The molecule has 0 radical (unpaired) electrons. The lowest BCUT2D eigenvalue weighted by Gasteiger charge is -2.29. The van der Waals surface area contributed by atoms with Gasteiger partial charge in [-0.25, -0.2) is 0 Å². The topological polar surface area (TPSA) is 37.2 Å². The molecular formula is C24H32N2O. The van der Waals surface area contributed by atoms with Crippen LogP contribution in [0.1, 0.15) is 56.8 Å². The van der Waals surface area contributed by atoms with Crippen molar-refractivity contribution in [2.75, 3.05) is 0 Å². The first-order chi connectivity index (χ1) is 13.1. The summed E-state index contributed by atoms with van der Waals surface area (Å²) in [7, 11) is 2.05. The first-order valence-corrected chi connectivity index (χ1v) is 10.1. The third-order valence-corrected chi connectivity index (χ3v) is 5.79. The van der Waals surface area contributed by atoms with Crippen LogP contribution in [-0.4, -0.2) is 15.7 Å². The van der Waals surface area contributed by atoms with Crippen LogP contribution in [0.5, 0.6) is 0 Å². The summed E-state index contributed by atoms with van der Waals surface area (Å²) < 4.78 is 2.14. The van der Waals surface area contributed by atoms with E-state index in [1.165, 1.54) is 32.1 Å². The van der Waals surface area contributed by atoms with Crippen LogP contribution >= 0.6 is 0 Å². The summed E-state index contributed by atoms with van der Waals surface area (Å²) in [6.45, 7) is 6.48. The highest BCUT2D eigenvalue weighted by Crippen LogP contribution is 2.27. The number of allylic oxidation sites excluding steroid dienone is 6. The molecule has 1 heterocycles. The van der Waals surface area contributed by atoms with Crippen molar-refractivity contribution < 1.29 is 5.11 Å². The van der Waals surface area contributed by atoms with E-state index in [0.29, 0.717) is 18.2 Å². The molecule has 2 N–H and O–H groups in total. The normalized spacial score (nSPS) is 23.0. The second-order valence-corrected chi connectivity index (χ2v) is 7.72. The van der Waals surface area contributed by atoms with Crippen LogP contribution in [0.4, 0.5) is 0 Å². The maximum atomic E-state index is 9.91. The minimum absolute atomic E-state index is 0.392. The van der Waals surface area contributed by atoms with Crippen LogP contribution in [0.3, 0.4) is 0 Å². The monoisotopic (exact) mass is 364 g/mol. The van der Waals surface area contributed by atoms with Gasteiger partial charge in [-0.15, -0.1) is 0 Å². The zero-order valence-corrected chi connectivity index (χ0v) is 16.6. The fourth-order valence-electron chi connectivity index (χ4n) is 4.00. The van der Waals surface area contributed by atoms with Crippen LogP contribution in [0, 0.1) is 5.92 Å². The Morgan fingerprint density at radius 1 is 1.30 bits per heavy atom. The smallest absolute Gasteiger partial charge is 0.0967 e. The van der Waals surface area contributed by atoms with Gasteiger partial charge < -0.3 is 15.0 Å². The lowest BCUT2D eigenvalue weighted by atomic mass is 9.84. The van der Waals surface area contributed by atoms with Crippen LogP contribution < -0.4 is 5.32 Å². The van der Waals surface area contributed by atoms with E-state index in [-0.39, 0.29) is 0 Å². The number of nitrogens with one attached hydrogen (secondary N) is 1. The number of hydrogen-bond donors (Lipinski definition) is 2. The zero-order valence-electron chi connectivity index (χ0n) is 16.6. The highest BCUT2D eigenvalue weighted by molar-refractivity contribution is 5.75. The van der Waals surface area contributed by atoms with Gasteiger partial charge in [0.25, 0.3) is 0 Å². The van der Waals surface area contributed by atoms with Gasteiger partial charge in [0.05, 0.1) is 5.76 Å². The molecule has 1 aromatic heterocycles. The van der Waals surface area contributed by atoms with E-state index >= 15 is 0 Å². The summed E-state index contributed by atoms with van der Waals surface area (Å²) in [6, 6.07) is 4.76. The van der Waals surface area contributed by atoms with Gasteiger partial charge in [0, 0.05) is 42.2 Å². The lowest BCUT2D eigenvalue weighted by molar-refractivity contribution is 0.298. The van der Waals surface area contributed by atoms with E-state index in [2.05, 4.69) is 54.7 Å². The van der Waals surface area contributed by atoms with Crippen molar-refractivity contribution in [3.63, 3.8) is 0 Å². The lowest BCUT2D eigenvalue weighted by Crippen LogP contribution is -2.31. The average Bonchev–Trinajstić information content (AvgIpc) is 2.89. The minimum Gasteiger partial charge on any atom is -0.512 e. The van der Waals surface area contributed by atoms with Crippen molar-refractivity contribution in [2.24, 2.45) is 13.0 Å². The Hall–Kier alpha value is -2.42. The number of hydrogen-bond acceptors (Lipinski definition) is 2. The van der Waals surface area contributed by atoms with Crippen molar-refractivity contribution in [2.45, 2.75) is 51.5 Å². The molecule has 1 fully saturated rings. The van der Waals surface area contributed by atoms with Crippen LogP contribution in [-0.2, 0) is 7.05 Å². The molecule has 3 nitrogen and oxygen atoms in total. The summed E-state index contributed by atoms with van der Waals surface area (Å²) >= 11 is 0. The summed E-state index contributed by atoms with van der Waals surface area (Å²) in [6.07, 6.45) is 19.1. The molecule has 2 aliphatic rings. The highest BCUT2D eigenvalue weighted by Gasteiger charge is 2.19. The SMILES string of the molecule is C=C(/C=C\c1ccc(C2=CC=CCC(O)=C2)n1C)NC1CCC(CC)CC1. The number of aromatic nitrogens is 1. The summed E-state index contributed by atoms with van der Waals surface area (Å²) in [4.78, 5) is 0. The molecule has 0 aromatic carbocycles. The molecule has 0 amide bonds. The van der Waals surface area contributed by atoms with Gasteiger partial charge in [-0.1, -0.05) is 38.2 Å². The van der Waals surface area contributed by atoms with Crippen molar-refractivity contribution in [1.82, 2.24) is 9.88 Å². The second-order valence-electron chi connectivity index (χ2n) is 7.72. The maximum Gasteiger partial charge on any atom is 0.0967 e. The second kappa shape index (κ2) is 8.98. The van der Waals surface area contributed by atoms with Crippen molar-refractivity contribution >= 4 is 11.6 Å². The third kappa shape index (κ3) is 5.06. The predicted octanol–water partition coefficient (Wildman–Crippen LogP) is 5.90. The molecule has 2 aliphatic carbocycles. The summed E-state index contributed by atoms with van der Waals surface area (Å²) in [5.74, 6) is 1.30. The zero-order chi connectivity index (χ0) is 19.2. The molecule has 3 heteroatoms. The Labute approximate surface area is 163 Å². The third-order valence-electron chi connectivity index (χ3n) is 5.79. The van der Waals surface area contributed by atoms with Crippen molar-refractivity contribution in [3.8, 4) is 0 Å². The Morgan fingerprint density at radius 2 is 2.07 bits per heavy atom. The standard InChI is InChI=1S/C24H32N2O/c1-4-19-10-12-21(13-11-19)25-18(2)9-14-22-15-16-24(26(22)3)20-7-5-6-8-23(27)17-20/h5-7,9,14-17,19,21,25,27H,2,4,8,10-13H2,1,3H3/b14-9-. The minimum atomic E-state index is 0.392. The fourth-order valence-corrected chi connectivity index (χ4v) is 4.00.